The van der Waals surface area contributed by atoms with Crippen molar-refractivity contribution in [1.29, 1.82) is 0 Å². The van der Waals surface area contributed by atoms with Gasteiger partial charge in [-0.25, -0.2) is 0 Å². The van der Waals surface area contributed by atoms with E-state index in [2.05, 4.69) is 5.43 Å². The van der Waals surface area contributed by atoms with E-state index in [1.54, 1.807) is 21.8 Å². The van der Waals surface area contributed by atoms with Crippen LogP contribution in [0.2, 0.25) is 0 Å². The Bertz CT molecular complexity index is 1120. The number of fused-ring (bicyclic) bond motifs is 1. The fourth-order valence-electron chi connectivity index (χ4n) is 3.15. The number of amides is 1. The molecule has 0 spiro atoms. The highest BCUT2D eigenvalue weighted by molar-refractivity contribution is 5.84. The summed E-state index contributed by atoms with van der Waals surface area (Å²) in [6.07, 6.45) is 1.65. The minimum atomic E-state index is -0.193. The van der Waals surface area contributed by atoms with Gasteiger partial charge in [0.1, 0.15) is 6.54 Å². The van der Waals surface area contributed by atoms with E-state index < -0.39 is 0 Å². The number of para-hydroxylation sites is 3. The molecule has 0 saturated carbocycles. The molecule has 0 aliphatic heterocycles. The van der Waals surface area contributed by atoms with Crippen molar-refractivity contribution in [1.82, 2.24) is 9.99 Å². The summed E-state index contributed by atoms with van der Waals surface area (Å²) in [7, 11) is 0. The molecule has 5 heteroatoms. The monoisotopic (exact) mass is 369 g/mol. The second-order valence-electron chi connectivity index (χ2n) is 6.37. The number of anilines is 2. The van der Waals surface area contributed by atoms with Crippen LogP contribution in [-0.4, -0.2) is 10.5 Å². The van der Waals surface area contributed by atoms with E-state index in [0.29, 0.717) is 5.39 Å². The Hall–Kier alpha value is -3.86. The number of nitrogens with zero attached hydrogens (tertiary/aromatic N) is 2. The van der Waals surface area contributed by atoms with E-state index in [9.17, 15) is 9.59 Å². The highest BCUT2D eigenvalue weighted by atomic mass is 16.2. The third kappa shape index (κ3) is 3.64. The van der Waals surface area contributed by atoms with Crippen LogP contribution >= 0.6 is 0 Å². The molecule has 4 rings (SSSR count). The maximum Gasteiger partial charge on any atom is 0.258 e. The zero-order valence-corrected chi connectivity index (χ0v) is 15.2. The molecule has 0 radical (unpaired) electrons. The Morgan fingerprint density at radius 1 is 0.786 bits per heavy atom. The van der Waals surface area contributed by atoms with E-state index in [-0.39, 0.29) is 17.9 Å². The first-order valence-corrected chi connectivity index (χ1v) is 9.00. The molecule has 1 amide bonds. The molecule has 4 aromatic rings. The molecule has 1 heterocycles. The summed E-state index contributed by atoms with van der Waals surface area (Å²) < 4.78 is 1.78. The van der Waals surface area contributed by atoms with Gasteiger partial charge in [-0.1, -0.05) is 48.5 Å². The van der Waals surface area contributed by atoms with Gasteiger partial charge in [0.15, 0.2) is 5.43 Å². The number of rotatable bonds is 5. The third-order valence-electron chi connectivity index (χ3n) is 4.46. The van der Waals surface area contributed by atoms with Gasteiger partial charge in [0.05, 0.1) is 16.9 Å². The lowest BCUT2D eigenvalue weighted by molar-refractivity contribution is -0.121. The number of carbonyl (C=O) groups excluding carboxylic acids is 1. The summed E-state index contributed by atoms with van der Waals surface area (Å²) in [6.45, 7) is 0.0942. The number of carbonyl (C=O) groups is 1. The van der Waals surface area contributed by atoms with Gasteiger partial charge in [-0.2, -0.15) is 0 Å². The van der Waals surface area contributed by atoms with Gasteiger partial charge in [-0.05, 0) is 36.4 Å². The first kappa shape index (κ1) is 17.5. The lowest BCUT2D eigenvalue weighted by atomic mass is 10.2. The highest BCUT2D eigenvalue weighted by Crippen LogP contribution is 2.22. The quantitative estimate of drug-likeness (QED) is 0.543. The van der Waals surface area contributed by atoms with Crippen molar-refractivity contribution in [3.63, 3.8) is 0 Å². The summed E-state index contributed by atoms with van der Waals surface area (Å²) in [5.41, 5.74) is 5.36. The van der Waals surface area contributed by atoms with Crippen molar-refractivity contribution in [2.75, 3.05) is 5.01 Å². The average Bonchev–Trinajstić information content (AvgIpc) is 2.75. The standard InChI is InChI=1S/C23H19N3O2/c27-22-15-16-25(21-14-8-7-13-20(21)22)17-23(28)24-26(18-9-3-1-4-10-18)19-11-5-2-6-12-19/h1-16H,17H2,(H,24,28). The van der Waals surface area contributed by atoms with Crippen LogP contribution in [0.15, 0.2) is 102 Å². The summed E-state index contributed by atoms with van der Waals surface area (Å²) in [4.78, 5) is 24.9. The molecule has 0 atom stereocenters. The SMILES string of the molecule is O=C(Cn1ccc(=O)c2ccccc21)NN(c1ccccc1)c1ccccc1. The second-order valence-corrected chi connectivity index (χ2v) is 6.37. The molecule has 0 aliphatic carbocycles. The zero-order chi connectivity index (χ0) is 19.3. The summed E-state index contributed by atoms with van der Waals surface area (Å²) >= 11 is 0. The molecule has 1 N–H and O–H groups in total. The molecular formula is C23H19N3O2. The highest BCUT2D eigenvalue weighted by Gasteiger charge is 2.13. The number of aromatic nitrogens is 1. The predicted molar refractivity (Wildman–Crippen MR) is 111 cm³/mol. The Balaban J connectivity index is 1.63. The third-order valence-corrected chi connectivity index (χ3v) is 4.46. The number of benzene rings is 3. The fraction of sp³-hybridized carbons (Fsp3) is 0.0435. The predicted octanol–water partition coefficient (Wildman–Crippen LogP) is 3.87. The smallest absolute Gasteiger partial charge is 0.258 e. The van der Waals surface area contributed by atoms with Gasteiger partial charge < -0.3 is 4.57 Å². The molecular weight excluding hydrogens is 350 g/mol. The molecule has 0 unspecified atom stereocenters. The van der Waals surface area contributed by atoms with E-state index in [0.717, 1.165) is 16.9 Å². The van der Waals surface area contributed by atoms with Crippen LogP contribution in [0.25, 0.3) is 10.9 Å². The molecule has 0 saturated heterocycles. The normalized spacial score (nSPS) is 10.6. The molecule has 0 aliphatic rings. The summed E-state index contributed by atoms with van der Waals surface area (Å²) in [5, 5.41) is 2.35. The first-order chi connectivity index (χ1) is 13.7. The molecule has 1 aromatic heterocycles. The van der Waals surface area contributed by atoms with Gasteiger partial charge in [0.25, 0.3) is 5.91 Å². The van der Waals surface area contributed by atoms with Crippen molar-refractivity contribution in [2.45, 2.75) is 6.54 Å². The lowest BCUT2D eigenvalue weighted by Gasteiger charge is -2.26. The van der Waals surface area contributed by atoms with E-state index in [4.69, 9.17) is 0 Å². The average molecular weight is 369 g/mol. The zero-order valence-electron chi connectivity index (χ0n) is 15.2. The van der Waals surface area contributed by atoms with Crippen molar-refractivity contribution >= 4 is 28.2 Å². The van der Waals surface area contributed by atoms with Gasteiger partial charge in [-0.3, -0.25) is 20.0 Å². The Kier molecular flexibility index (Phi) is 4.89. The topological polar surface area (TPSA) is 54.3 Å². The maximum absolute atomic E-state index is 12.8. The largest absolute Gasteiger partial charge is 0.338 e. The maximum atomic E-state index is 12.8. The first-order valence-electron chi connectivity index (χ1n) is 9.00. The van der Waals surface area contributed by atoms with Crippen LogP contribution in [-0.2, 0) is 11.3 Å². The van der Waals surface area contributed by atoms with Crippen molar-refractivity contribution in [3.05, 3.63) is 107 Å². The van der Waals surface area contributed by atoms with Gasteiger partial charge in [0, 0.05) is 17.6 Å². The molecule has 28 heavy (non-hydrogen) atoms. The Morgan fingerprint density at radius 3 is 2.00 bits per heavy atom. The van der Waals surface area contributed by atoms with Gasteiger partial charge >= 0.3 is 0 Å². The fourth-order valence-corrected chi connectivity index (χ4v) is 3.15. The number of hydrogen-bond donors (Lipinski definition) is 1. The number of hydrogen-bond acceptors (Lipinski definition) is 3. The number of pyridine rings is 1. The molecule has 0 fully saturated rings. The van der Waals surface area contributed by atoms with Crippen LogP contribution in [0.5, 0.6) is 0 Å². The van der Waals surface area contributed by atoms with E-state index in [1.165, 1.54) is 6.07 Å². The lowest BCUT2D eigenvalue weighted by Crippen LogP contribution is -2.40. The van der Waals surface area contributed by atoms with Crippen LogP contribution in [0.3, 0.4) is 0 Å². The van der Waals surface area contributed by atoms with E-state index in [1.807, 2.05) is 78.9 Å². The molecule has 3 aromatic carbocycles. The van der Waals surface area contributed by atoms with Crippen molar-refractivity contribution in [3.8, 4) is 0 Å². The molecule has 138 valence electrons. The van der Waals surface area contributed by atoms with Crippen LogP contribution < -0.4 is 15.9 Å². The minimum Gasteiger partial charge on any atom is -0.338 e. The Morgan fingerprint density at radius 2 is 1.36 bits per heavy atom. The van der Waals surface area contributed by atoms with Crippen LogP contribution in [0.1, 0.15) is 0 Å². The van der Waals surface area contributed by atoms with Crippen LogP contribution in [0, 0.1) is 0 Å². The molecule has 5 nitrogen and oxygen atoms in total. The van der Waals surface area contributed by atoms with Crippen molar-refractivity contribution in [2.24, 2.45) is 0 Å². The van der Waals surface area contributed by atoms with Gasteiger partial charge in [0.2, 0.25) is 0 Å². The second kappa shape index (κ2) is 7.80. The van der Waals surface area contributed by atoms with Crippen molar-refractivity contribution < 1.29 is 4.79 Å². The Labute approximate surface area is 162 Å². The number of nitrogens with one attached hydrogen (secondary N) is 1. The molecule has 0 bridgehead atoms. The summed E-state index contributed by atoms with van der Waals surface area (Å²) in [5.74, 6) is -0.193. The minimum absolute atomic E-state index is 0.0533. The van der Waals surface area contributed by atoms with E-state index >= 15 is 0 Å². The van der Waals surface area contributed by atoms with Crippen LogP contribution in [0.4, 0.5) is 11.4 Å². The van der Waals surface area contributed by atoms with Gasteiger partial charge in [-0.15, -0.1) is 0 Å². The number of hydrazine groups is 1. The summed E-state index contributed by atoms with van der Waals surface area (Å²) in [6, 6.07) is 28.1.